The molecule has 1 heterocycles. The molecule has 0 aliphatic carbocycles. The molecule has 0 bridgehead atoms. The summed E-state index contributed by atoms with van der Waals surface area (Å²) in [4.78, 5) is 14.1. The van der Waals surface area contributed by atoms with Crippen molar-refractivity contribution in [3.63, 3.8) is 0 Å². The fourth-order valence-electron chi connectivity index (χ4n) is 2.63. The highest BCUT2D eigenvalue weighted by atomic mass is 35.5. The lowest BCUT2D eigenvalue weighted by Crippen LogP contribution is -2.39. The van der Waals surface area contributed by atoms with E-state index in [0.717, 1.165) is 25.8 Å². The molecule has 1 saturated heterocycles. The Morgan fingerprint density at radius 3 is 2.75 bits per heavy atom. The zero-order chi connectivity index (χ0) is 14.5. The van der Waals surface area contributed by atoms with Gasteiger partial charge in [0, 0.05) is 13.1 Å². The van der Waals surface area contributed by atoms with E-state index in [9.17, 15) is 9.18 Å². The highest BCUT2D eigenvalue weighted by Gasteiger charge is 2.26. The number of likely N-dealkylation sites (tertiary alicyclic amines) is 1. The number of carbonyl (C=O) groups excluding carboxylic acids is 1. The number of carbonyl (C=O) groups is 1. The summed E-state index contributed by atoms with van der Waals surface area (Å²) in [5.74, 6) is -0.192. The van der Waals surface area contributed by atoms with Gasteiger partial charge >= 0.3 is 0 Å². The number of hydrogen-bond donors (Lipinski definition) is 1. The van der Waals surface area contributed by atoms with Crippen molar-refractivity contribution in [3.8, 4) is 0 Å². The number of hydrogen-bond acceptors (Lipinski definition) is 2. The maximum Gasteiger partial charge on any atom is 0.258 e. The van der Waals surface area contributed by atoms with Crippen LogP contribution in [-0.4, -0.2) is 37.5 Å². The van der Waals surface area contributed by atoms with Crippen molar-refractivity contribution in [2.75, 3.05) is 26.7 Å². The van der Waals surface area contributed by atoms with Crippen LogP contribution >= 0.6 is 11.6 Å². The highest BCUT2D eigenvalue weighted by Crippen LogP contribution is 2.25. The van der Waals surface area contributed by atoms with Crippen LogP contribution in [0.15, 0.2) is 18.2 Å². The third-order valence-corrected chi connectivity index (χ3v) is 4.20. The van der Waals surface area contributed by atoms with Gasteiger partial charge in [-0.25, -0.2) is 4.39 Å². The molecule has 0 atom stereocenters. The predicted molar refractivity (Wildman–Crippen MR) is 78.6 cm³/mol. The molecule has 0 saturated carbocycles. The van der Waals surface area contributed by atoms with Crippen LogP contribution in [0.4, 0.5) is 4.39 Å². The number of piperidine rings is 1. The summed E-state index contributed by atoms with van der Waals surface area (Å²) in [6.45, 7) is 2.35. The van der Waals surface area contributed by atoms with Crippen LogP contribution in [0, 0.1) is 11.7 Å². The number of benzene rings is 1. The van der Waals surface area contributed by atoms with E-state index < -0.39 is 5.82 Å². The fraction of sp³-hybridized carbons (Fsp3) is 0.533. The molecule has 110 valence electrons. The van der Waals surface area contributed by atoms with Crippen LogP contribution in [0.1, 0.15) is 29.6 Å². The Morgan fingerprint density at radius 2 is 2.15 bits per heavy atom. The molecule has 3 nitrogen and oxygen atoms in total. The molecule has 0 unspecified atom stereocenters. The minimum absolute atomic E-state index is 0.00263. The van der Waals surface area contributed by atoms with Crippen LogP contribution in [-0.2, 0) is 0 Å². The molecule has 0 spiro atoms. The minimum Gasteiger partial charge on any atom is -0.338 e. The summed E-state index contributed by atoms with van der Waals surface area (Å²) >= 11 is 5.95. The second-order valence-corrected chi connectivity index (χ2v) is 5.63. The quantitative estimate of drug-likeness (QED) is 0.927. The summed E-state index contributed by atoms with van der Waals surface area (Å²) in [6, 6.07) is 4.34. The van der Waals surface area contributed by atoms with Crippen molar-refractivity contribution in [2.24, 2.45) is 5.92 Å². The summed E-state index contributed by atoms with van der Waals surface area (Å²) in [5.41, 5.74) is 0.00263. The molecule has 0 aromatic heterocycles. The van der Waals surface area contributed by atoms with Gasteiger partial charge in [-0.3, -0.25) is 4.79 Å². The molecule has 1 amide bonds. The Morgan fingerprint density at radius 1 is 1.45 bits per heavy atom. The lowest BCUT2D eigenvalue weighted by atomic mass is 9.93. The Kier molecular flexibility index (Phi) is 5.38. The molecule has 20 heavy (non-hydrogen) atoms. The third-order valence-electron chi connectivity index (χ3n) is 3.88. The molecule has 5 heteroatoms. The summed E-state index contributed by atoms with van der Waals surface area (Å²) < 4.78 is 13.8. The van der Waals surface area contributed by atoms with Crippen LogP contribution in [0.25, 0.3) is 0 Å². The highest BCUT2D eigenvalue weighted by molar-refractivity contribution is 6.33. The van der Waals surface area contributed by atoms with Crippen molar-refractivity contribution in [1.29, 1.82) is 0 Å². The van der Waals surface area contributed by atoms with Gasteiger partial charge in [0.25, 0.3) is 5.91 Å². The van der Waals surface area contributed by atoms with Crippen LogP contribution in [0.5, 0.6) is 0 Å². The van der Waals surface area contributed by atoms with E-state index >= 15 is 0 Å². The maximum absolute atomic E-state index is 13.8. The first-order chi connectivity index (χ1) is 9.63. The topological polar surface area (TPSA) is 32.3 Å². The second kappa shape index (κ2) is 7.04. The van der Waals surface area contributed by atoms with Crippen LogP contribution in [0.2, 0.25) is 5.02 Å². The van der Waals surface area contributed by atoms with Gasteiger partial charge in [0.2, 0.25) is 0 Å². The third kappa shape index (κ3) is 3.49. The molecule has 1 aliphatic rings. The smallest absolute Gasteiger partial charge is 0.258 e. The monoisotopic (exact) mass is 298 g/mol. The van der Waals surface area contributed by atoms with Crippen LogP contribution < -0.4 is 5.32 Å². The van der Waals surface area contributed by atoms with Gasteiger partial charge in [-0.15, -0.1) is 0 Å². The first-order valence-corrected chi connectivity index (χ1v) is 7.39. The van der Waals surface area contributed by atoms with E-state index in [4.69, 9.17) is 11.6 Å². The van der Waals surface area contributed by atoms with Gasteiger partial charge in [-0.1, -0.05) is 17.7 Å². The van der Waals surface area contributed by atoms with Gasteiger partial charge in [0.05, 0.1) is 10.6 Å². The maximum atomic E-state index is 13.8. The lowest BCUT2D eigenvalue weighted by molar-refractivity contribution is 0.0682. The van der Waals surface area contributed by atoms with E-state index in [1.807, 2.05) is 7.05 Å². The molecule has 1 fully saturated rings. The van der Waals surface area contributed by atoms with Gasteiger partial charge in [0.1, 0.15) is 5.82 Å². The molecule has 0 radical (unpaired) electrons. The Hall–Kier alpha value is -1.13. The predicted octanol–water partition coefficient (Wildman–Crippen LogP) is 2.94. The van der Waals surface area contributed by atoms with Crippen molar-refractivity contribution < 1.29 is 9.18 Å². The van der Waals surface area contributed by atoms with Crippen molar-refractivity contribution >= 4 is 17.5 Å². The molecule has 1 N–H and O–H groups in total. The molecular weight excluding hydrogens is 279 g/mol. The van der Waals surface area contributed by atoms with E-state index in [1.54, 1.807) is 11.0 Å². The first kappa shape index (κ1) is 15.3. The lowest BCUT2D eigenvalue weighted by Gasteiger charge is -2.32. The average molecular weight is 299 g/mol. The van der Waals surface area contributed by atoms with E-state index in [0.29, 0.717) is 19.0 Å². The van der Waals surface area contributed by atoms with Crippen molar-refractivity contribution in [2.45, 2.75) is 19.3 Å². The van der Waals surface area contributed by atoms with Crippen LogP contribution in [0.3, 0.4) is 0 Å². The normalized spacial score (nSPS) is 16.4. The molecule has 2 rings (SSSR count). The summed E-state index contributed by atoms with van der Waals surface area (Å²) in [6.07, 6.45) is 3.07. The van der Waals surface area contributed by atoms with Gasteiger partial charge in [-0.2, -0.15) is 0 Å². The molecular formula is C15H20ClFN2O. The van der Waals surface area contributed by atoms with Gasteiger partial charge < -0.3 is 10.2 Å². The Bertz CT molecular complexity index is 453. The standard InChI is InChI=1S/C15H20ClFN2O/c1-18-8-5-11-6-9-19(10-7-11)15(20)14-12(16)3-2-4-13(14)17/h2-4,11,18H,5-10H2,1H3. The number of nitrogens with zero attached hydrogens (tertiary/aromatic N) is 1. The average Bonchev–Trinajstić information content (AvgIpc) is 2.45. The fourth-order valence-corrected chi connectivity index (χ4v) is 2.88. The summed E-state index contributed by atoms with van der Waals surface area (Å²) in [7, 11) is 1.94. The largest absolute Gasteiger partial charge is 0.338 e. The zero-order valence-corrected chi connectivity index (χ0v) is 12.4. The zero-order valence-electron chi connectivity index (χ0n) is 11.7. The van der Waals surface area contributed by atoms with Gasteiger partial charge in [0.15, 0.2) is 0 Å². The number of amides is 1. The molecule has 1 aromatic rings. The van der Waals surface area contributed by atoms with E-state index in [2.05, 4.69) is 5.32 Å². The second-order valence-electron chi connectivity index (χ2n) is 5.22. The van der Waals surface area contributed by atoms with Gasteiger partial charge in [-0.05, 0) is 50.9 Å². The van der Waals surface area contributed by atoms with E-state index in [1.165, 1.54) is 12.1 Å². The SMILES string of the molecule is CNCCC1CCN(C(=O)c2c(F)cccc2Cl)CC1. The number of halogens is 2. The molecule has 1 aromatic carbocycles. The number of rotatable bonds is 4. The Labute approximate surface area is 124 Å². The molecule has 1 aliphatic heterocycles. The van der Waals surface area contributed by atoms with Crippen molar-refractivity contribution in [3.05, 3.63) is 34.6 Å². The minimum atomic E-state index is -0.542. The summed E-state index contributed by atoms with van der Waals surface area (Å²) in [5, 5.41) is 3.33. The van der Waals surface area contributed by atoms with Crippen molar-refractivity contribution in [1.82, 2.24) is 10.2 Å². The van der Waals surface area contributed by atoms with E-state index in [-0.39, 0.29) is 16.5 Å². The number of nitrogens with one attached hydrogen (secondary N) is 1. The first-order valence-electron chi connectivity index (χ1n) is 7.01. The Balaban J connectivity index is 1.98.